The highest BCUT2D eigenvalue weighted by atomic mass is 19.4. The molecule has 1 saturated heterocycles. The van der Waals surface area contributed by atoms with E-state index in [1.54, 1.807) is 35.8 Å². The summed E-state index contributed by atoms with van der Waals surface area (Å²) >= 11 is 0. The first kappa shape index (κ1) is 29.2. The summed E-state index contributed by atoms with van der Waals surface area (Å²) in [5, 5.41) is 7.12. The molecule has 3 heterocycles. The maximum absolute atomic E-state index is 13.5. The SMILES string of the molecule is CC#CCn1c(N2CCC[C@@H](N)C2)nc2c(=O)n(C)n(CC(=O)c3ccccc3)c(=O)c21.O=C(O)C(F)(F)F. The molecule has 0 aliphatic carbocycles. The fraction of sp³-hybridized carbons (Fsp3) is 0.400. The first-order valence-electron chi connectivity index (χ1n) is 11.9. The highest BCUT2D eigenvalue weighted by molar-refractivity contribution is 5.95. The van der Waals surface area contributed by atoms with Crippen LogP contribution in [0.2, 0.25) is 0 Å². The number of alkyl halides is 3. The number of nitrogens with two attached hydrogens (primary N) is 1. The summed E-state index contributed by atoms with van der Waals surface area (Å²) in [5.74, 6) is 3.30. The molecule has 1 aliphatic rings. The average molecular weight is 549 g/mol. The van der Waals surface area contributed by atoms with E-state index in [0.29, 0.717) is 18.1 Å². The van der Waals surface area contributed by atoms with Gasteiger partial charge in [-0.15, -0.1) is 5.92 Å². The van der Waals surface area contributed by atoms with Crippen molar-refractivity contribution in [3.63, 3.8) is 0 Å². The number of hydrogen-bond donors (Lipinski definition) is 2. The second kappa shape index (κ2) is 12.0. The number of aromatic nitrogens is 4. The molecule has 2 aromatic heterocycles. The predicted molar refractivity (Wildman–Crippen MR) is 137 cm³/mol. The van der Waals surface area contributed by atoms with Gasteiger partial charge in [-0.3, -0.25) is 19.0 Å². The molecule has 11 nitrogen and oxygen atoms in total. The Kier molecular flexibility index (Phi) is 8.97. The molecular formula is C25H27F3N6O5. The van der Waals surface area contributed by atoms with Crippen LogP contribution < -0.4 is 21.8 Å². The van der Waals surface area contributed by atoms with Crippen molar-refractivity contribution in [3.8, 4) is 11.8 Å². The third-order valence-corrected chi connectivity index (χ3v) is 6.03. The van der Waals surface area contributed by atoms with E-state index in [0.717, 1.165) is 19.4 Å². The summed E-state index contributed by atoms with van der Waals surface area (Å²) in [6, 6.07) is 8.69. The van der Waals surface area contributed by atoms with E-state index in [4.69, 9.17) is 15.6 Å². The molecule has 3 N–H and O–H groups in total. The van der Waals surface area contributed by atoms with Gasteiger partial charge in [-0.25, -0.2) is 19.1 Å². The minimum Gasteiger partial charge on any atom is -0.475 e. The van der Waals surface area contributed by atoms with Gasteiger partial charge in [-0.05, 0) is 19.8 Å². The molecule has 0 saturated carbocycles. The third kappa shape index (κ3) is 6.55. The van der Waals surface area contributed by atoms with E-state index in [-0.39, 0.29) is 35.9 Å². The Hall–Kier alpha value is -4.38. The van der Waals surface area contributed by atoms with E-state index >= 15 is 0 Å². The van der Waals surface area contributed by atoms with Crippen LogP contribution in [0.1, 0.15) is 30.1 Å². The molecule has 4 rings (SSSR count). The highest BCUT2D eigenvalue weighted by Gasteiger charge is 2.38. The molecular weight excluding hydrogens is 521 g/mol. The van der Waals surface area contributed by atoms with Crippen molar-refractivity contribution in [1.82, 2.24) is 18.9 Å². The molecule has 3 aromatic rings. The van der Waals surface area contributed by atoms with Crippen molar-refractivity contribution in [1.29, 1.82) is 0 Å². The number of Topliss-reactive ketones (excluding diaryl/α,β-unsaturated/α-hetero) is 1. The fourth-order valence-electron chi connectivity index (χ4n) is 4.10. The standard InChI is InChI=1S/C23H26N6O3.C2HF3O2/c1-3-4-13-28-20-19(25-23(28)27-12-8-11-17(24)14-27)21(31)26(2)29(22(20)32)15-18(30)16-9-6-5-7-10-16;3-2(4,5)1(6)7/h5-7,9-10,17H,8,11-15,24H2,1-2H3;(H,6,7)/t17-;/m1./s1. The number of ketones is 1. The number of aliphatic carboxylic acids is 1. The van der Waals surface area contributed by atoms with Gasteiger partial charge >= 0.3 is 12.1 Å². The van der Waals surface area contributed by atoms with Crippen LogP contribution in [-0.2, 0) is 24.9 Å². The normalized spacial score (nSPS) is 15.2. The van der Waals surface area contributed by atoms with E-state index in [2.05, 4.69) is 16.8 Å². The lowest BCUT2D eigenvalue weighted by molar-refractivity contribution is -0.192. The predicted octanol–water partition coefficient (Wildman–Crippen LogP) is 1.36. The lowest BCUT2D eigenvalue weighted by Gasteiger charge is -2.31. The number of carboxylic acids is 1. The number of fused-ring (bicyclic) bond motifs is 1. The number of nitrogens with zero attached hydrogens (tertiary/aromatic N) is 5. The molecule has 1 atom stereocenters. The van der Waals surface area contributed by atoms with E-state index in [1.807, 2.05) is 11.0 Å². The quantitative estimate of drug-likeness (QED) is 0.359. The first-order chi connectivity index (χ1) is 18.4. The van der Waals surface area contributed by atoms with Crippen LogP contribution in [0.5, 0.6) is 0 Å². The molecule has 0 bridgehead atoms. The molecule has 1 aromatic carbocycles. The van der Waals surface area contributed by atoms with Crippen LogP contribution in [0.3, 0.4) is 0 Å². The van der Waals surface area contributed by atoms with Crippen LogP contribution in [-0.4, -0.2) is 61.1 Å². The van der Waals surface area contributed by atoms with Crippen LogP contribution in [0.4, 0.5) is 19.1 Å². The Balaban J connectivity index is 0.000000532. The zero-order valence-corrected chi connectivity index (χ0v) is 21.2. The smallest absolute Gasteiger partial charge is 0.475 e. The van der Waals surface area contributed by atoms with Crippen molar-refractivity contribution in [2.45, 2.75) is 45.1 Å². The largest absolute Gasteiger partial charge is 0.490 e. The molecule has 0 unspecified atom stereocenters. The molecule has 208 valence electrons. The van der Waals surface area contributed by atoms with Gasteiger partial charge in [0.15, 0.2) is 11.3 Å². The summed E-state index contributed by atoms with van der Waals surface area (Å²) in [5.41, 5.74) is 5.96. The van der Waals surface area contributed by atoms with Gasteiger partial charge < -0.3 is 15.7 Å². The Morgan fingerprint density at radius 2 is 1.82 bits per heavy atom. The molecule has 1 aliphatic heterocycles. The van der Waals surface area contributed by atoms with Gasteiger partial charge in [0.2, 0.25) is 5.95 Å². The summed E-state index contributed by atoms with van der Waals surface area (Å²) in [6.07, 6.45) is -3.26. The monoisotopic (exact) mass is 548 g/mol. The topological polar surface area (TPSA) is 145 Å². The fourth-order valence-corrected chi connectivity index (χ4v) is 4.10. The van der Waals surface area contributed by atoms with Crippen LogP contribution in [0, 0.1) is 11.8 Å². The molecule has 0 radical (unpaired) electrons. The first-order valence-corrected chi connectivity index (χ1v) is 11.9. The highest BCUT2D eigenvalue weighted by Crippen LogP contribution is 2.22. The second-order valence-corrected chi connectivity index (χ2v) is 8.75. The molecule has 14 heteroatoms. The molecule has 1 fully saturated rings. The lowest BCUT2D eigenvalue weighted by Crippen LogP contribution is -2.44. The number of benzene rings is 1. The number of rotatable bonds is 5. The number of piperidine rings is 1. The molecule has 39 heavy (non-hydrogen) atoms. The number of carbonyl (C=O) groups is 2. The van der Waals surface area contributed by atoms with Crippen LogP contribution >= 0.6 is 0 Å². The Morgan fingerprint density at radius 1 is 1.18 bits per heavy atom. The van der Waals surface area contributed by atoms with Crippen molar-refractivity contribution < 1.29 is 27.9 Å². The van der Waals surface area contributed by atoms with Gasteiger partial charge in [0.1, 0.15) is 12.1 Å². The van der Waals surface area contributed by atoms with Gasteiger partial charge in [-0.1, -0.05) is 36.3 Å². The van der Waals surface area contributed by atoms with E-state index < -0.39 is 23.3 Å². The van der Waals surface area contributed by atoms with Gasteiger partial charge in [-0.2, -0.15) is 13.2 Å². The maximum Gasteiger partial charge on any atom is 0.490 e. The number of imidazole rings is 1. The number of hydrogen-bond acceptors (Lipinski definition) is 7. The Labute approximate surface area is 220 Å². The summed E-state index contributed by atoms with van der Waals surface area (Å²) in [6.45, 7) is 3.00. The maximum atomic E-state index is 13.5. The van der Waals surface area contributed by atoms with Gasteiger partial charge in [0, 0.05) is 31.7 Å². The zero-order valence-electron chi connectivity index (χ0n) is 21.2. The second-order valence-electron chi connectivity index (χ2n) is 8.75. The van der Waals surface area contributed by atoms with Crippen molar-refractivity contribution in [2.24, 2.45) is 12.8 Å². The number of halogens is 3. The lowest BCUT2D eigenvalue weighted by atomic mass is 10.1. The van der Waals surface area contributed by atoms with Crippen molar-refractivity contribution >= 4 is 28.7 Å². The summed E-state index contributed by atoms with van der Waals surface area (Å²) < 4.78 is 35.8. The Bertz CT molecular complexity index is 1550. The van der Waals surface area contributed by atoms with E-state index in [1.165, 1.54) is 16.4 Å². The molecule has 0 spiro atoms. The van der Waals surface area contributed by atoms with Gasteiger partial charge in [0.25, 0.3) is 11.1 Å². The Morgan fingerprint density at radius 3 is 2.38 bits per heavy atom. The molecule has 0 amide bonds. The van der Waals surface area contributed by atoms with Crippen LogP contribution in [0.15, 0.2) is 39.9 Å². The number of carbonyl (C=O) groups excluding carboxylic acids is 1. The van der Waals surface area contributed by atoms with Crippen molar-refractivity contribution in [2.75, 3.05) is 18.0 Å². The average Bonchev–Trinajstić information content (AvgIpc) is 3.28. The number of anilines is 1. The summed E-state index contributed by atoms with van der Waals surface area (Å²) in [4.78, 5) is 54.9. The van der Waals surface area contributed by atoms with E-state index in [9.17, 15) is 27.6 Å². The van der Waals surface area contributed by atoms with Crippen LogP contribution in [0.25, 0.3) is 11.0 Å². The summed E-state index contributed by atoms with van der Waals surface area (Å²) in [7, 11) is 1.47. The van der Waals surface area contributed by atoms with Crippen molar-refractivity contribution in [3.05, 3.63) is 56.6 Å². The third-order valence-electron chi connectivity index (χ3n) is 6.03. The minimum atomic E-state index is -5.08. The zero-order chi connectivity index (χ0) is 28.9. The number of carboxylic acid groups (broad SMARTS) is 1. The minimum absolute atomic E-state index is 0.00254. The van der Waals surface area contributed by atoms with Gasteiger partial charge in [0.05, 0.1) is 6.54 Å².